The van der Waals surface area contributed by atoms with Gasteiger partial charge < -0.3 is 5.11 Å². The summed E-state index contributed by atoms with van der Waals surface area (Å²) in [7, 11) is 0. The number of hydrogen-bond acceptors (Lipinski definition) is 1. The molecule has 0 heterocycles. The highest BCUT2D eigenvalue weighted by atomic mass is 79.9. The first-order valence-corrected chi connectivity index (χ1v) is 7.22. The molecule has 2 heteroatoms. The lowest BCUT2D eigenvalue weighted by Gasteiger charge is -2.25. The Bertz CT molecular complexity index is 567. The van der Waals surface area contributed by atoms with Gasteiger partial charge in [0.2, 0.25) is 0 Å². The van der Waals surface area contributed by atoms with Gasteiger partial charge in [0.15, 0.2) is 0 Å². The molecule has 1 atom stereocenters. The van der Waals surface area contributed by atoms with Crippen LogP contribution in [0.5, 0.6) is 0 Å². The van der Waals surface area contributed by atoms with Crippen molar-refractivity contribution >= 4 is 15.9 Å². The lowest BCUT2D eigenvalue weighted by atomic mass is 9.87. The summed E-state index contributed by atoms with van der Waals surface area (Å²) in [6.07, 6.45) is 0.595. The minimum atomic E-state index is -0.860. The van der Waals surface area contributed by atoms with Crippen molar-refractivity contribution < 1.29 is 5.11 Å². The minimum absolute atomic E-state index is 0.595. The lowest BCUT2D eigenvalue weighted by molar-refractivity contribution is 0.0573. The molecular weight excluding hydrogens is 300 g/mol. The van der Waals surface area contributed by atoms with Crippen molar-refractivity contribution in [2.75, 3.05) is 0 Å². The molecule has 2 aromatic rings. The van der Waals surface area contributed by atoms with Crippen LogP contribution in [0, 0.1) is 13.8 Å². The first kappa shape index (κ1) is 14.3. The van der Waals surface area contributed by atoms with Crippen molar-refractivity contribution in [1.29, 1.82) is 0 Å². The third kappa shape index (κ3) is 3.46. The molecule has 0 aliphatic carbocycles. The molecule has 1 N–H and O–H groups in total. The van der Waals surface area contributed by atoms with Crippen LogP contribution in [-0.4, -0.2) is 5.11 Å². The molecule has 2 aromatic carbocycles. The Labute approximate surface area is 123 Å². The Morgan fingerprint density at radius 1 is 1.05 bits per heavy atom. The highest BCUT2D eigenvalue weighted by molar-refractivity contribution is 9.10. The third-order valence-electron chi connectivity index (χ3n) is 3.34. The number of aliphatic hydroxyl groups is 1. The van der Waals surface area contributed by atoms with E-state index >= 15 is 0 Å². The zero-order chi connectivity index (χ0) is 14.0. The molecular formula is C17H19BrO. The van der Waals surface area contributed by atoms with Crippen LogP contribution < -0.4 is 0 Å². The van der Waals surface area contributed by atoms with Crippen LogP contribution in [-0.2, 0) is 12.0 Å². The summed E-state index contributed by atoms with van der Waals surface area (Å²) in [6.45, 7) is 6.00. The molecule has 0 radical (unpaired) electrons. The maximum absolute atomic E-state index is 10.8. The maximum atomic E-state index is 10.8. The zero-order valence-corrected chi connectivity index (χ0v) is 13.2. The zero-order valence-electron chi connectivity index (χ0n) is 11.6. The summed E-state index contributed by atoms with van der Waals surface area (Å²) < 4.78 is 1.04. The molecule has 19 heavy (non-hydrogen) atoms. The van der Waals surface area contributed by atoms with E-state index < -0.39 is 5.60 Å². The fraction of sp³-hybridized carbons (Fsp3) is 0.294. The van der Waals surface area contributed by atoms with E-state index in [9.17, 15) is 5.11 Å². The first-order valence-electron chi connectivity index (χ1n) is 6.43. The summed E-state index contributed by atoms with van der Waals surface area (Å²) in [5.74, 6) is 0. The van der Waals surface area contributed by atoms with E-state index in [1.54, 1.807) is 0 Å². The first-order chi connectivity index (χ1) is 8.88. The van der Waals surface area contributed by atoms with Crippen LogP contribution in [0.15, 0.2) is 46.9 Å². The molecule has 0 bridgehead atoms. The van der Waals surface area contributed by atoms with Crippen molar-refractivity contribution in [3.63, 3.8) is 0 Å². The van der Waals surface area contributed by atoms with E-state index in [2.05, 4.69) is 48.0 Å². The molecule has 2 rings (SSSR count). The Balaban J connectivity index is 2.34. The normalized spacial score (nSPS) is 14.2. The second-order valence-corrected chi connectivity index (χ2v) is 6.27. The number of halogens is 1. The van der Waals surface area contributed by atoms with E-state index in [4.69, 9.17) is 0 Å². The van der Waals surface area contributed by atoms with Crippen molar-refractivity contribution in [2.24, 2.45) is 0 Å². The molecule has 0 amide bonds. The van der Waals surface area contributed by atoms with Crippen LogP contribution in [0.1, 0.15) is 29.2 Å². The van der Waals surface area contributed by atoms with Crippen LogP contribution in [0.2, 0.25) is 0 Å². The average molecular weight is 319 g/mol. The predicted molar refractivity (Wildman–Crippen MR) is 83.3 cm³/mol. The number of aryl methyl sites for hydroxylation is 2. The van der Waals surface area contributed by atoms with Gasteiger partial charge in [-0.05, 0) is 38.0 Å². The van der Waals surface area contributed by atoms with Gasteiger partial charge in [0.1, 0.15) is 0 Å². The van der Waals surface area contributed by atoms with Gasteiger partial charge in [-0.3, -0.25) is 0 Å². The Morgan fingerprint density at radius 2 is 1.63 bits per heavy atom. The van der Waals surface area contributed by atoms with Crippen molar-refractivity contribution in [2.45, 2.75) is 32.8 Å². The fourth-order valence-electron chi connectivity index (χ4n) is 2.40. The number of hydrogen-bond donors (Lipinski definition) is 1. The van der Waals surface area contributed by atoms with Crippen LogP contribution in [0.4, 0.5) is 0 Å². The molecule has 1 unspecified atom stereocenters. The fourth-order valence-corrected chi connectivity index (χ4v) is 2.83. The Hall–Kier alpha value is -1.12. The summed E-state index contributed by atoms with van der Waals surface area (Å²) in [5, 5.41) is 10.8. The predicted octanol–water partition coefficient (Wildman–Crippen LogP) is 4.52. The van der Waals surface area contributed by atoms with Gasteiger partial charge in [-0.15, -0.1) is 0 Å². The minimum Gasteiger partial charge on any atom is -0.385 e. The van der Waals surface area contributed by atoms with E-state index in [0.717, 1.165) is 15.6 Å². The molecule has 0 aromatic heterocycles. The van der Waals surface area contributed by atoms with Gasteiger partial charge in [0, 0.05) is 10.9 Å². The molecule has 100 valence electrons. The largest absolute Gasteiger partial charge is 0.385 e. The highest BCUT2D eigenvalue weighted by Crippen LogP contribution is 2.29. The molecule has 0 spiro atoms. The molecule has 0 aliphatic rings. The quantitative estimate of drug-likeness (QED) is 0.882. The van der Waals surface area contributed by atoms with Gasteiger partial charge in [-0.25, -0.2) is 0 Å². The number of rotatable bonds is 3. The van der Waals surface area contributed by atoms with E-state index in [1.807, 2.05) is 31.2 Å². The van der Waals surface area contributed by atoms with Crippen molar-refractivity contribution in [1.82, 2.24) is 0 Å². The van der Waals surface area contributed by atoms with Gasteiger partial charge >= 0.3 is 0 Å². The smallest absolute Gasteiger partial charge is 0.0909 e. The Morgan fingerprint density at radius 3 is 2.21 bits per heavy atom. The van der Waals surface area contributed by atoms with Gasteiger partial charge in [-0.1, -0.05) is 63.5 Å². The number of benzene rings is 2. The van der Waals surface area contributed by atoms with Crippen LogP contribution >= 0.6 is 15.9 Å². The molecule has 1 nitrogen and oxygen atoms in total. The van der Waals surface area contributed by atoms with Gasteiger partial charge in [0.05, 0.1) is 5.60 Å². The standard InChI is InChI=1S/C17H19BrO/c1-12-8-13(2)10-15(9-12)17(3,19)11-14-6-4-5-7-16(14)18/h4-10,19H,11H2,1-3H3. The van der Waals surface area contributed by atoms with Crippen LogP contribution in [0.3, 0.4) is 0 Å². The summed E-state index contributed by atoms with van der Waals surface area (Å²) in [5.41, 5.74) is 3.60. The topological polar surface area (TPSA) is 20.2 Å². The maximum Gasteiger partial charge on any atom is 0.0909 e. The molecule has 0 saturated carbocycles. The molecule has 0 fully saturated rings. The van der Waals surface area contributed by atoms with Crippen molar-refractivity contribution in [3.8, 4) is 0 Å². The third-order valence-corrected chi connectivity index (χ3v) is 4.11. The highest BCUT2D eigenvalue weighted by Gasteiger charge is 2.24. The monoisotopic (exact) mass is 318 g/mol. The van der Waals surface area contributed by atoms with Crippen LogP contribution in [0.25, 0.3) is 0 Å². The Kier molecular flexibility index (Phi) is 4.12. The SMILES string of the molecule is Cc1cc(C)cc(C(C)(O)Cc2ccccc2Br)c1. The molecule has 0 saturated heterocycles. The summed E-state index contributed by atoms with van der Waals surface area (Å²) >= 11 is 3.54. The second-order valence-electron chi connectivity index (χ2n) is 5.42. The van der Waals surface area contributed by atoms with E-state index in [-0.39, 0.29) is 0 Å². The summed E-state index contributed by atoms with van der Waals surface area (Å²) in [4.78, 5) is 0. The second kappa shape index (κ2) is 5.48. The van der Waals surface area contributed by atoms with E-state index in [1.165, 1.54) is 11.1 Å². The average Bonchev–Trinajstić information content (AvgIpc) is 2.31. The van der Waals surface area contributed by atoms with Gasteiger partial charge in [-0.2, -0.15) is 0 Å². The molecule has 0 aliphatic heterocycles. The van der Waals surface area contributed by atoms with Gasteiger partial charge in [0.25, 0.3) is 0 Å². The summed E-state index contributed by atoms with van der Waals surface area (Å²) in [6, 6.07) is 14.3. The van der Waals surface area contributed by atoms with E-state index in [0.29, 0.717) is 6.42 Å². The van der Waals surface area contributed by atoms with Crippen molar-refractivity contribution in [3.05, 3.63) is 69.2 Å². The lowest BCUT2D eigenvalue weighted by Crippen LogP contribution is -2.24.